The first-order chi connectivity index (χ1) is 7.13. The zero-order valence-electron chi connectivity index (χ0n) is 8.78. The van der Waals surface area contributed by atoms with Crippen LogP contribution < -0.4 is 11.1 Å². The Labute approximate surface area is 88.3 Å². The van der Waals surface area contributed by atoms with E-state index in [4.69, 9.17) is 11.0 Å². The summed E-state index contributed by atoms with van der Waals surface area (Å²) in [5.41, 5.74) is 7.92. The molecule has 78 valence electrons. The summed E-state index contributed by atoms with van der Waals surface area (Å²) in [6.07, 6.45) is 0.930. The molecule has 0 amide bonds. The molecule has 1 aromatic rings. The van der Waals surface area contributed by atoms with Gasteiger partial charge in [0.2, 0.25) is 0 Å². The van der Waals surface area contributed by atoms with Crippen LogP contribution in [0.5, 0.6) is 0 Å². The Kier molecular flexibility index (Phi) is 2.29. The van der Waals surface area contributed by atoms with E-state index in [1.807, 2.05) is 13.8 Å². The van der Waals surface area contributed by atoms with E-state index in [1.165, 1.54) is 0 Å². The molecule has 2 atom stereocenters. The normalized spacial score (nSPS) is 23.3. The van der Waals surface area contributed by atoms with Gasteiger partial charge in [0.05, 0.1) is 5.69 Å². The van der Waals surface area contributed by atoms with Crippen molar-refractivity contribution in [2.24, 2.45) is 5.73 Å². The first-order valence-electron chi connectivity index (χ1n) is 4.89. The minimum absolute atomic E-state index is 0.181. The molecule has 0 spiro atoms. The molecule has 1 aliphatic rings. The van der Waals surface area contributed by atoms with Crippen molar-refractivity contribution >= 4 is 5.82 Å². The first-order valence-corrected chi connectivity index (χ1v) is 4.89. The van der Waals surface area contributed by atoms with Crippen molar-refractivity contribution in [2.75, 3.05) is 5.32 Å². The first kappa shape index (κ1) is 9.87. The van der Waals surface area contributed by atoms with Crippen LogP contribution in [0.25, 0.3) is 0 Å². The van der Waals surface area contributed by atoms with Crippen LogP contribution in [0.3, 0.4) is 0 Å². The van der Waals surface area contributed by atoms with Crippen molar-refractivity contribution in [3.63, 3.8) is 0 Å². The number of nitrogens with two attached hydrogens (primary N) is 1. The molecule has 5 nitrogen and oxygen atoms in total. The van der Waals surface area contributed by atoms with Gasteiger partial charge >= 0.3 is 0 Å². The maximum Gasteiger partial charge on any atom is 0.167 e. The fourth-order valence-electron chi connectivity index (χ4n) is 1.40. The number of nitrogens with one attached hydrogen (secondary N) is 1. The monoisotopic (exact) mass is 203 g/mol. The van der Waals surface area contributed by atoms with E-state index in [9.17, 15) is 0 Å². The van der Waals surface area contributed by atoms with Crippen molar-refractivity contribution in [3.8, 4) is 6.07 Å². The molecular formula is C10H13N5. The average Bonchev–Trinajstić information content (AvgIpc) is 2.89. The third-order valence-corrected chi connectivity index (χ3v) is 2.73. The van der Waals surface area contributed by atoms with Crippen LogP contribution >= 0.6 is 0 Å². The largest absolute Gasteiger partial charge is 0.363 e. The highest BCUT2D eigenvalue weighted by molar-refractivity contribution is 5.57. The van der Waals surface area contributed by atoms with Crippen LogP contribution in [0.4, 0.5) is 5.82 Å². The lowest BCUT2D eigenvalue weighted by Crippen LogP contribution is -2.16. The molecule has 1 fully saturated rings. The molecule has 3 N–H and O–H groups in total. The number of hydrogen-bond acceptors (Lipinski definition) is 5. The zero-order chi connectivity index (χ0) is 11.0. The highest BCUT2D eigenvalue weighted by Crippen LogP contribution is 2.25. The Hall–Kier alpha value is -1.67. The van der Waals surface area contributed by atoms with Crippen LogP contribution in [0.15, 0.2) is 0 Å². The average molecular weight is 203 g/mol. The summed E-state index contributed by atoms with van der Waals surface area (Å²) < 4.78 is 0. The molecule has 0 saturated heterocycles. The zero-order valence-corrected chi connectivity index (χ0v) is 8.78. The Balaban J connectivity index is 2.31. The van der Waals surface area contributed by atoms with Gasteiger partial charge in [-0.15, -0.1) is 5.10 Å². The van der Waals surface area contributed by atoms with Gasteiger partial charge in [-0.25, -0.2) is 0 Å². The topological polar surface area (TPSA) is 87.6 Å². The van der Waals surface area contributed by atoms with Gasteiger partial charge in [0.25, 0.3) is 0 Å². The third-order valence-electron chi connectivity index (χ3n) is 2.73. The summed E-state index contributed by atoms with van der Waals surface area (Å²) in [6, 6.07) is 2.57. The number of nitrogens with zero attached hydrogens (tertiary/aromatic N) is 3. The minimum atomic E-state index is 0.181. The maximum absolute atomic E-state index is 9.03. The molecule has 1 saturated carbocycles. The van der Waals surface area contributed by atoms with Crippen LogP contribution in [0, 0.1) is 25.2 Å². The Morgan fingerprint density at radius 2 is 2.13 bits per heavy atom. The van der Waals surface area contributed by atoms with Crippen molar-refractivity contribution in [1.82, 2.24) is 10.2 Å². The molecule has 1 heterocycles. The smallest absolute Gasteiger partial charge is 0.167 e. The number of aromatic nitrogens is 2. The second kappa shape index (κ2) is 3.48. The Morgan fingerprint density at radius 3 is 2.67 bits per heavy atom. The van der Waals surface area contributed by atoms with E-state index in [2.05, 4.69) is 21.6 Å². The molecule has 2 unspecified atom stereocenters. The molecule has 0 aliphatic heterocycles. The quantitative estimate of drug-likeness (QED) is 0.729. The number of rotatable bonds is 2. The van der Waals surface area contributed by atoms with Crippen LogP contribution in [-0.2, 0) is 0 Å². The minimum Gasteiger partial charge on any atom is -0.363 e. The molecule has 1 aromatic heterocycles. The predicted octanol–water partition coefficient (Wildman–Crippen LogP) is 0.477. The fraction of sp³-hybridized carbons (Fsp3) is 0.500. The van der Waals surface area contributed by atoms with Crippen molar-refractivity contribution in [1.29, 1.82) is 5.26 Å². The van der Waals surface area contributed by atoms with Gasteiger partial charge in [-0.2, -0.15) is 10.4 Å². The van der Waals surface area contributed by atoms with Gasteiger partial charge in [0, 0.05) is 12.1 Å². The lowest BCUT2D eigenvalue weighted by atomic mass is 10.1. The number of hydrogen-bond donors (Lipinski definition) is 2. The lowest BCUT2D eigenvalue weighted by molar-refractivity contribution is 0.926. The number of nitriles is 1. The van der Waals surface area contributed by atoms with E-state index in [0.29, 0.717) is 11.4 Å². The number of aryl methyl sites for hydroxylation is 1. The SMILES string of the molecule is Cc1nnc(NC2CC2N)c(C#N)c1C. The Bertz CT molecular complexity index is 434. The molecule has 0 bridgehead atoms. The van der Waals surface area contributed by atoms with E-state index < -0.39 is 0 Å². The second-order valence-electron chi connectivity index (χ2n) is 3.90. The van der Waals surface area contributed by atoms with Gasteiger partial charge in [0.1, 0.15) is 11.6 Å². The lowest BCUT2D eigenvalue weighted by Gasteiger charge is -2.08. The van der Waals surface area contributed by atoms with Crippen LogP contribution in [0.2, 0.25) is 0 Å². The van der Waals surface area contributed by atoms with Crippen molar-refractivity contribution in [2.45, 2.75) is 32.4 Å². The van der Waals surface area contributed by atoms with Crippen LogP contribution in [0.1, 0.15) is 23.2 Å². The maximum atomic E-state index is 9.03. The van der Waals surface area contributed by atoms with Gasteiger partial charge in [0.15, 0.2) is 5.82 Å². The van der Waals surface area contributed by atoms with E-state index in [0.717, 1.165) is 17.7 Å². The predicted molar refractivity (Wildman–Crippen MR) is 56.2 cm³/mol. The fourth-order valence-corrected chi connectivity index (χ4v) is 1.40. The van der Waals surface area contributed by atoms with Gasteiger partial charge in [-0.3, -0.25) is 0 Å². The molecule has 2 rings (SSSR count). The molecule has 5 heteroatoms. The molecule has 0 aromatic carbocycles. The second-order valence-corrected chi connectivity index (χ2v) is 3.90. The van der Waals surface area contributed by atoms with E-state index >= 15 is 0 Å². The summed E-state index contributed by atoms with van der Waals surface area (Å²) in [4.78, 5) is 0. The summed E-state index contributed by atoms with van der Waals surface area (Å²) in [5.74, 6) is 0.554. The highest BCUT2D eigenvalue weighted by atomic mass is 15.2. The van der Waals surface area contributed by atoms with Gasteiger partial charge in [-0.1, -0.05) is 0 Å². The summed E-state index contributed by atoms with van der Waals surface area (Å²) in [5, 5.41) is 20.1. The highest BCUT2D eigenvalue weighted by Gasteiger charge is 2.34. The molecule has 15 heavy (non-hydrogen) atoms. The molecule has 0 radical (unpaired) electrons. The summed E-state index contributed by atoms with van der Waals surface area (Å²) in [7, 11) is 0. The molecule has 1 aliphatic carbocycles. The number of anilines is 1. The summed E-state index contributed by atoms with van der Waals surface area (Å²) in [6.45, 7) is 3.72. The summed E-state index contributed by atoms with van der Waals surface area (Å²) >= 11 is 0. The Morgan fingerprint density at radius 1 is 1.47 bits per heavy atom. The van der Waals surface area contributed by atoms with Crippen molar-refractivity contribution < 1.29 is 0 Å². The van der Waals surface area contributed by atoms with Crippen molar-refractivity contribution in [3.05, 3.63) is 16.8 Å². The van der Waals surface area contributed by atoms with Gasteiger partial charge in [-0.05, 0) is 25.8 Å². The molecular weight excluding hydrogens is 190 g/mol. The van der Waals surface area contributed by atoms with Gasteiger partial charge < -0.3 is 11.1 Å². The van der Waals surface area contributed by atoms with E-state index in [-0.39, 0.29) is 12.1 Å². The van der Waals surface area contributed by atoms with Crippen LogP contribution in [-0.4, -0.2) is 22.3 Å². The third kappa shape index (κ3) is 1.76. The standard InChI is InChI=1S/C10H13N5/c1-5-6(2)14-15-10(7(5)4-11)13-9-3-8(9)12/h8-9H,3,12H2,1-2H3,(H,13,15). The van der Waals surface area contributed by atoms with E-state index in [1.54, 1.807) is 0 Å².